The molecule has 1 rings (SSSR count). The van der Waals surface area contributed by atoms with Gasteiger partial charge in [0.05, 0.1) is 5.56 Å². The van der Waals surface area contributed by atoms with E-state index >= 15 is 0 Å². The molecule has 96 valence electrons. The number of hydrogen-bond donors (Lipinski definition) is 1. The van der Waals surface area contributed by atoms with E-state index in [-0.39, 0.29) is 5.56 Å². The molecule has 1 aromatic rings. The molecule has 0 aliphatic heterocycles. The molecule has 0 amide bonds. The minimum atomic E-state index is -4.87. The highest BCUT2D eigenvalue weighted by atomic mass is 19.4. The third-order valence-corrected chi connectivity index (χ3v) is 2.16. The lowest BCUT2D eigenvalue weighted by atomic mass is 10.0. The molecule has 1 aromatic carbocycles. The summed E-state index contributed by atoms with van der Waals surface area (Å²) >= 11 is 0. The Balaban J connectivity index is 3.04. The van der Waals surface area contributed by atoms with Crippen molar-refractivity contribution in [1.82, 2.24) is 0 Å². The van der Waals surface area contributed by atoms with E-state index in [1.54, 1.807) is 0 Å². The van der Waals surface area contributed by atoms with Crippen LogP contribution in [-0.2, 0) is 6.18 Å². The Labute approximate surface area is 93.2 Å². The van der Waals surface area contributed by atoms with Gasteiger partial charge in [0.25, 0.3) is 0 Å². The summed E-state index contributed by atoms with van der Waals surface area (Å²) in [6.45, 7) is 0. The van der Waals surface area contributed by atoms with Crippen LogP contribution in [0.4, 0.5) is 26.3 Å². The van der Waals surface area contributed by atoms with Crippen molar-refractivity contribution in [2.45, 2.75) is 25.1 Å². The summed E-state index contributed by atoms with van der Waals surface area (Å²) in [6.07, 6.45) is -8.38. The molecular formula is C10H9F6N. The molecule has 0 spiro atoms. The first-order valence-electron chi connectivity index (χ1n) is 4.62. The Kier molecular flexibility index (Phi) is 4.03. The zero-order valence-corrected chi connectivity index (χ0v) is 8.44. The van der Waals surface area contributed by atoms with E-state index < -0.39 is 36.4 Å². The molecule has 1 atom stereocenters. The third kappa shape index (κ3) is 3.62. The van der Waals surface area contributed by atoms with E-state index in [1.807, 2.05) is 0 Å². The van der Waals surface area contributed by atoms with Crippen LogP contribution in [0.5, 0.6) is 0 Å². The Bertz CT molecular complexity index is 387. The van der Waals surface area contributed by atoms with Crippen LogP contribution < -0.4 is 5.73 Å². The van der Waals surface area contributed by atoms with Gasteiger partial charge in [0.15, 0.2) is 0 Å². The lowest BCUT2D eigenvalue weighted by Crippen LogP contribution is -2.16. The predicted molar refractivity (Wildman–Crippen MR) is 49.0 cm³/mol. The largest absolute Gasteiger partial charge is 0.419 e. The summed E-state index contributed by atoms with van der Waals surface area (Å²) in [6, 6.07) is 0.750. The zero-order valence-electron chi connectivity index (χ0n) is 8.44. The maximum Gasteiger partial charge on any atom is 0.419 e. The van der Waals surface area contributed by atoms with Gasteiger partial charge in [0, 0.05) is 12.5 Å². The third-order valence-electron chi connectivity index (χ3n) is 2.16. The Morgan fingerprint density at radius 3 is 2.24 bits per heavy atom. The molecule has 1 nitrogen and oxygen atoms in total. The number of alkyl halides is 5. The molecule has 0 saturated carbocycles. The van der Waals surface area contributed by atoms with Crippen LogP contribution in [0.3, 0.4) is 0 Å². The van der Waals surface area contributed by atoms with Gasteiger partial charge in [-0.25, -0.2) is 13.2 Å². The number of nitrogens with two attached hydrogens (primary N) is 1. The van der Waals surface area contributed by atoms with Crippen LogP contribution in [-0.4, -0.2) is 6.43 Å². The molecule has 0 saturated heterocycles. The van der Waals surface area contributed by atoms with Gasteiger partial charge >= 0.3 is 6.18 Å². The lowest BCUT2D eigenvalue weighted by molar-refractivity contribution is -0.140. The van der Waals surface area contributed by atoms with E-state index in [4.69, 9.17) is 5.73 Å². The first kappa shape index (κ1) is 13.8. The molecule has 0 aliphatic rings. The highest BCUT2D eigenvalue weighted by molar-refractivity contribution is 5.29. The molecule has 0 aliphatic carbocycles. The molecular weight excluding hydrogens is 248 g/mol. The van der Waals surface area contributed by atoms with Crippen LogP contribution in [0.15, 0.2) is 18.2 Å². The van der Waals surface area contributed by atoms with Crippen molar-refractivity contribution in [3.05, 3.63) is 35.1 Å². The van der Waals surface area contributed by atoms with Crippen molar-refractivity contribution in [3.8, 4) is 0 Å². The van der Waals surface area contributed by atoms with E-state index in [0.29, 0.717) is 12.1 Å². The van der Waals surface area contributed by atoms with Gasteiger partial charge in [-0.05, 0) is 17.7 Å². The second-order valence-electron chi connectivity index (χ2n) is 3.47. The van der Waals surface area contributed by atoms with E-state index in [1.165, 1.54) is 0 Å². The molecule has 0 heterocycles. The number of hydrogen-bond acceptors (Lipinski definition) is 1. The van der Waals surface area contributed by atoms with E-state index in [2.05, 4.69) is 0 Å². The van der Waals surface area contributed by atoms with Gasteiger partial charge in [-0.15, -0.1) is 0 Å². The topological polar surface area (TPSA) is 26.0 Å². The van der Waals surface area contributed by atoms with Crippen LogP contribution >= 0.6 is 0 Å². The second-order valence-corrected chi connectivity index (χ2v) is 3.47. The molecule has 0 bridgehead atoms. The fraction of sp³-hybridized carbons (Fsp3) is 0.400. The highest BCUT2D eigenvalue weighted by Gasteiger charge is 2.34. The van der Waals surface area contributed by atoms with E-state index in [9.17, 15) is 26.3 Å². The Morgan fingerprint density at radius 2 is 1.76 bits per heavy atom. The minimum Gasteiger partial charge on any atom is -0.324 e. The maximum absolute atomic E-state index is 12.9. The molecule has 17 heavy (non-hydrogen) atoms. The van der Waals surface area contributed by atoms with Gasteiger partial charge in [0.1, 0.15) is 5.82 Å². The van der Waals surface area contributed by atoms with Crippen molar-refractivity contribution >= 4 is 0 Å². The summed E-state index contributed by atoms with van der Waals surface area (Å²) in [4.78, 5) is 0. The maximum atomic E-state index is 12.9. The quantitative estimate of drug-likeness (QED) is 0.824. The summed E-state index contributed by atoms with van der Waals surface area (Å²) < 4.78 is 73.9. The van der Waals surface area contributed by atoms with Crippen LogP contribution in [0.2, 0.25) is 0 Å². The van der Waals surface area contributed by atoms with Crippen molar-refractivity contribution in [2.24, 2.45) is 5.73 Å². The van der Waals surface area contributed by atoms with E-state index in [0.717, 1.165) is 6.07 Å². The Hall–Kier alpha value is -1.24. The van der Waals surface area contributed by atoms with Gasteiger partial charge in [-0.1, -0.05) is 6.07 Å². The Morgan fingerprint density at radius 1 is 1.18 bits per heavy atom. The van der Waals surface area contributed by atoms with Crippen molar-refractivity contribution in [1.29, 1.82) is 0 Å². The number of benzene rings is 1. The van der Waals surface area contributed by atoms with Crippen molar-refractivity contribution in [3.63, 3.8) is 0 Å². The van der Waals surface area contributed by atoms with Gasteiger partial charge in [0.2, 0.25) is 6.43 Å². The number of rotatable bonds is 3. The summed E-state index contributed by atoms with van der Waals surface area (Å²) in [7, 11) is 0. The normalized spacial score (nSPS) is 14.1. The van der Waals surface area contributed by atoms with Crippen LogP contribution in [0.25, 0.3) is 0 Å². The van der Waals surface area contributed by atoms with Crippen LogP contribution in [0, 0.1) is 5.82 Å². The average Bonchev–Trinajstić information content (AvgIpc) is 2.15. The molecule has 7 heteroatoms. The standard InChI is InChI=1S/C10H9F6N/c11-7-2-1-5(8(17)4-9(12)13)3-6(7)10(14,15)16/h1-3,8-9H,4,17H2/t8-/m0/s1. The summed E-state index contributed by atoms with van der Waals surface area (Å²) in [5.74, 6) is -1.45. The van der Waals surface area contributed by atoms with Gasteiger partial charge < -0.3 is 5.73 Å². The summed E-state index contributed by atoms with van der Waals surface area (Å²) in [5.41, 5.74) is 3.62. The fourth-order valence-electron chi connectivity index (χ4n) is 1.32. The SMILES string of the molecule is N[C@@H](CC(F)F)c1ccc(F)c(C(F)(F)F)c1. The minimum absolute atomic E-state index is 0.168. The molecule has 0 aromatic heterocycles. The first-order valence-corrected chi connectivity index (χ1v) is 4.62. The van der Waals surface area contributed by atoms with Crippen molar-refractivity contribution in [2.75, 3.05) is 0 Å². The molecule has 0 fully saturated rings. The number of halogens is 6. The fourth-order valence-corrected chi connectivity index (χ4v) is 1.32. The smallest absolute Gasteiger partial charge is 0.324 e. The predicted octanol–water partition coefficient (Wildman–Crippen LogP) is 3.50. The zero-order chi connectivity index (χ0) is 13.2. The van der Waals surface area contributed by atoms with Crippen molar-refractivity contribution < 1.29 is 26.3 Å². The molecule has 0 radical (unpaired) electrons. The first-order chi connectivity index (χ1) is 7.71. The molecule has 0 unspecified atom stereocenters. The van der Waals surface area contributed by atoms with Crippen LogP contribution in [0.1, 0.15) is 23.6 Å². The molecule has 2 N–H and O–H groups in total. The monoisotopic (exact) mass is 257 g/mol. The van der Waals surface area contributed by atoms with Gasteiger partial charge in [-0.2, -0.15) is 13.2 Å². The second kappa shape index (κ2) is 4.95. The lowest BCUT2D eigenvalue weighted by Gasteiger charge is -2.14. The summed E-state index contributed by atoms with van der Waals surface area (Å²) in [5, 5.41) is 0. The van der Waals surface area contributed by atoms with Gasteiger partial charge in [-0.3, -0.25) is 0 Å². The highest BCUT2D eigenvalue weighted by Crippen LogP contribution is 2.33. The average molecular weight is 257 g/mol.